The number of amides is 1. The molecule has 0 bridgehead atoms. The van der Waals surface area contributed by atoms with Crippen molar-refractivity contribution in [1.29, 1.82) is 0 Å². The van der Waals surface area contributed by atoms with Crippen molar-refractivity contribution in [3.05, 3.63) is 29.6 Å². The molecular weight excluding hydrogens is 308 g/mol. The molecule has 0 aliphatic carbocycles. The highest BCUT2D eigenvalue weighted by Gasteiger charge is 2.27. The standard InChI is InChI=1S/C15H17ClN2O2S/c1-15(2,9-16)13(19)18-14-17-12(8-21-14)10-4-6-11(20-3)7-5-10/h4-8H,9H2,1-3H3,(H,17,18,19). The molecule has 0 unspecified atom stereocenters. The van der Waals surface area contributed by atoms with Crippen molar-refractivity contribution < 1.29 is 9.53 Å². The van der Waals surface area contributed by atoms with E-state index in [1.165, 1.54) is 11.3 Å². The highest BCUT2D eigenvalue weighted by molar-refractivity contribution is 7.14. The van der Waals surface area contributed by atoms with Crippen LogP contribution in [0.4, 0.5) is 5.13 Å². The Labute approximate surface area is 133 Å². The van der Waals surface area contributed by atoms with Gasteiger partial charge in [-0.25, -0.2) is 4.98 Å². The second kappa shape index (κ2) is 6.45. The zero-order valence-corrected chi connectivity index (χ0v) is 13.7. The first-order valence-corrected chi connectivity index (χ1v) is 7.85. The summed E-state index contributed by atoms with van der Waals surface area (Å²) in [6.07, 6.45) is 0. The number of ether oxygens (including phenoxy) is 1. The Kier molecular flexibility index (Phi) is 4.85. The van der Waals surface area contributed by atoms with Crippen LogP contribution >= 0.6 is 22.9 Å². The number of hydrogen-bond donors (Lipinski definition) is 1. The van der Waals surface area contributed by atoms with E-state index in [-0.39, 0.29) is 11.8 Å². The summed E-state index contributed by atoms with van der Waals surface area (Å²) in [4.78, 5) is 16.5. The Morgan fingerprint density at radius 3 is 2.62 bits per heavy atom. The lowest BCUT2D eigenvalue weighted by Gasteiger charge is -2.18. The summed E-state index contributed by atoms with van der Waals surface area (Å²) < 4.78 is 5.13. The van der Waals surface area contributed by atoms with Gasteiger partial charge in [0.05, 0.1) is 18.2 Å². The van der Waals surface area contributed by atoms with E-state index in [2.05, 4.69) is 10.3 Å². The van der Waals surface area contributed by atoms with Gasteiger partial charge in [0.25, 0.3) is 0 Å². The van der Waals surface area contributed by atoms with Crippen LogP contribution < -0.4 is 10.1 Å². The fourth-order valence-electron chi connectivity index (χ4n) is 1.55. The summed E-state index contributed by atoms with van der Waals surface area (Å²) >= 11 is 7.19. The van der Waals surface area contributed by atoms with Gasteiger partial charge in [0.1, 0.15) is 5.75 Å². The van der Waals surface area contributed by atoms with Crippen LogP contribution in [0.5, 0.6) is 5.75 Å². The maximum atomic E-state index is 12.0. The van der Waals surface area contributed by atoms with Crippen molar-refractivity contribution in [2.45, 2.75) is 13.8 Å². The smallest absolute Gasteiger partial charge is 0.233 e. The molecule has 4 nitrogen and oxygen atoms in total. The fraction of sp³-hybridized carbons (Fsp3) is 0.333. The topological polar surface area (TPSA) is 51.2 Å². The minimum Gasteiger partial charge on any atom is -0.497 e. The number of carbonyl (C=O) groups excluding carboxylic acids is 1. The molecule has 0 saturated carbocycles. The molecular formula is C15H17ClN2O2S. The molecule has 112 valence electrons. The minimum atomic E-state index is -0.618. The molecule has 1 N–H and O–H groups in total. The van der Waals surface area contributed by atoms with Crippen LogP contribution in [0.2, 0.25) is 0 Å². The van der Waals surface area contributed by atoms with Crippen LogP contribution in [-0.2, 0) is 4.79 Å². The molecule has 21 heavy (non-hydrogen) atoms. The maximum absolute atomic E-state index is 12.0. The van der Waals surface area contributed by atoms with Gasteiger partial charge in [-0.15, -0.1) is 22.9 Å². The van der Waals surface area contributed by atoms with E-state index in [0.29, 0.717) is 5.13 Å². The highest BCUT2D eigenvalue weighted by atomic mass is 35.5. The second-order valence-corrected chi connectivity index (χ2v) is 6.36. The van der Waals surface area contributed by atoms with Gasteiger partial charge in [0.2, 0.25) is 5.91 Å². The molecule has 2 aromatic rings. The Bertz CT molecular complexity index is 623. The minimum absolute atomic E-state index is 0.131. The third-order valence-corrected chi connectivity index (χ3v) is 4.49. The van der Waals surface area contributed by atoms with E-state index >= 15 is 0 Å². The van der Waals surface area contributed by atoms with Crippen LogP contribution in [0.1, 0.15) is 13.8 Å². The van der Waals surface area contributed by atoms with Crippen molar-refractivity contribution in [1.82, 2.24) is 4.98 Å². The van der Waals surface area contributed by atoms with Crippen LogP contribution in [0.15, 0.2) is 29.6 Å². The van der Waals surface area contributed by atoms with Crippen molar-refractivity contribution in [3.63, 3.8) is 0 Å². The zero-order valence-electron chi connectivity index (χ0n) is 12.1. The van der Waals surface area contributed by atoms with Crippen LogP contribution in [0.3, 0.4) is 0 Å². The fourth-order valence-corrected chi connectivity index (χ4v) is 2.39. The summed E-state index contributed by atoms with van der Waals surface area (Å²) in [6.45, 7) is 3.60. The monoisotopic (exact) mass is 324 g/mol. The lowest BCUT2D eigenvalue weighted by Crippen LogP contribution is -2.32. The van der Waals surface area contributed by atoms with E-state index < -0.39 is 5.41 Å². The first-order valence-electron chi connectivity index (χ1n) is 6.43. The second-order valence-electron chi connectivity index (χ2n) is 5.24. The number of methoxy groups -OCH3 is 1. The Morgan fingerprint density at radius 1 is 1.38 bits per heavy atom. The van der Waals surface area contributed by atoms with Crippen molar-refractivity contribution in [2.24, 2.45) is 5.41 Å². The molecule has 1 amide bonds. The number of thiazole rings is 1. The van der Waals surface area contributed by atoms with Crippen molar-refractivity contribution in [3.8, 4) is 17.0 Å². The molecule has 0 spiro atoms. The third-order valence-electron chi connectivity index (χ3n) is 3.06. The number of aromatic nitrogens is 1. The molecule has 0 aliphatic rings. The van der Waals surface area contributed by atoms with Gasteiger partial charge in [-0.1, -0.05) is 0 Å². The molecule has 1 aromatic carbocycles. The first-order chi connectivity index (χ1) is 9.96. The molecule has 0 saturated heterocycles. The van der Waals surface area contributed by atoms with Gasteiger partial charge in [0, 0.05) is 16.8 Å². The quantitative estimate of drug-likeness (QED) is 0.845. The molecule has 6 heteroatoms. The Hall–Kier alpha value is -1.59. The molecule has 1 aromatic heterocycles. The predicted octanol–water partition coefficient (Wildman–Crippen LogP) is 4.02. The van der Waals surface area contributed by atoms with E-state index in [4.69, 9.17) is 16.3 Å². The van der Waals surface area contributed by atoms with Gasteiger partial charge in [-0.2, -0.15) is 0 Å². The Morgan fingerprint density at radius 2 is 2.05 bits per heavy atom. The number of nitrogens with one attached hydrogen (secondary N) is 1. The average Bonchev–Trinajstić information content (AvgIpc) is 2.95. The van der Waals surface area contributed by atoms with Gasteiger partial charge in [-0.05, 0) is 38.1 Å². The lowest BCUT2D eigenvalue weighted by molar-refractivity contribution is -0.122. The number of anilines is 1. The summed E-state index contributed by atoms with van der Waals surface area (Å²) in [6, 6.07) is 7.62. The van der Waals surface area contributed by atoms with E-state index in [9.17, 15) is 4.79 Å². The SMILES string of the molecule is COc1ccc(-c2csc(NC(=O)C(C)(C)CCl)n2)cc1. The summed E-state index contributed by atoms with van der Waals surface area (Å²) in [5, 5.41) is 5.29. The number of benzene rings is 1. The van der Waals surface area contributed by atoms with Gasteiger partial charge in [-0.3, -0.25) is 4.79 Å². The van der Waals surface area contributed by atoms with Crippen LogP contribution in [0, 0.1) is 5.41 Å². The highest BCUT2D eigenvalue weighted by Crippen LogP contribution is 2.28. The van der Waals surface area contributed by atoms with Crippen molar-refractivity contribution >= 4 is 34.0 Å². The lowest BCUT2D eigenvalue weighted by atomic mass is 9.95. The maximum Gasteiger partial charge on any atom is 0.233 e. The molecule has 0 atom stereocenters. The Balaban J connectivity index is 2.12. The number of carbonyl (C=O) groups is 1. The molecule has 0 radical (unpaired) electrons. The zero-order chi connectivity index (χ0) is 15.5. The third kappa shape index (κ3) is 3.74. The van der Waals surface area contributed by atoms with Crippen LogP contribution in [0.25, 0.3) is 11.3 Å². The van der Waals surface area contributed by atoms with E-state index in [0.717, 1.165) is 17.0 Å². The predicted molar refractivity (Wildman–Crippen MR) is 87.2 cm³/mol. The van der Waals surface area contributed by atoms with Crippen molar-refractivity contribution in [2.75, 3.05) is 18.3 Å². The molecule has 0 fully saturated rings. The van der Waals surface area contributed by atoms with Gasteiger partial charge in [0.15, 0.2) is 5.13 Å². The summed E-state index contributed by atoms with van der Waals surface area (Å²) in [5.41, 5.74) is 1.18. The summed E-state index contributed by atoms with van der Waals surface area (Å²) in [5.74, 6) is 0.926. The number of alkyl halides is 1. The van der Waals surface area contributed by atoms with Crippen LogP contribution in [-0.4, -0.2) is 23.9 Å². The number of hydrogen-bond acceptors (Lipinski definition) is 4. The number of nitrogens with zero attached hydrogens (tertiary/aromatic N) is 1. The molecule has 0 aliphatic heterocycles. The number of rotatable bonds is 5. The van der Waals surface area contributed by atoms with Gasteiger partial charge >= 0.3 is 0 Å². The van der Waals surface area contributed by atoms with E-state index in [1.807, 2.05) is 29.6 Å². The van der Waals surface area contributed by atoms with E-state index in [1.54, 1.807) is 21.0 Å². The largest absolute Gasteiger partial charge is 0.497 e. The first kappa shape index (κ1) is 15.8. The van der Waals surface area contributed by atoms with Gasteiger partial charge < -0.3 is 10.1 Å². The normalized spacial score (nSPS) is 11.2. The molecule has 1 heterocycles. The molecule has 2 rings (SSSR count). The average molecular weight is 325 g/mol. The number of halogens is 1. The summed E-state index contributed by atoms with van der Waals surface area (Å²) in [7, 11) is 1.63.